The SMILES string of the molecule is CCC1CCN(C2CCC2)C[C@H]1C(=O)c1ccc2cc(OC)ccc2c1. The number of rotatable bonds is 5. The van der Waals surface area contributed by atoms with Crippen molar-refractivity contribution in [3.63, 3.8) is 0 Å². The summed E-state index contributed by atoms with van der Waals surface area (Å²) < 4.78 is 5.30. The van der Waals surface area contributed by atoms with Gasteiger partial charge in [-0.1, -0.05) is 38.0 Å². The summed E-state index contributed by atoms with van der Waals surface area (Å²) in [7, 11) is 1.68. The monoisotopic (exact) mass is 351 g/mol. The van der Waals surface area contributed by atoms with Crippen LogP contribution in [0.1, 0.15) is 49.4 Å². The number of hydrogen-bond acceptors (Lipinski definition) is 3. The predicted molar refractivity (Wildman–Crippen MR) is 106 cm³/mol. The summed E-state index contributed by atoms with van der Waals surface area (Å²) in [6, 6.07) is 12.9. The number of ketones is 1. The molecular formula is C23H29NO2. The fraction of sp³-hybridized carbons (Fsp3) is 0.522. The number of carbonyl (C=O) groups excluding carboxylic acids is 1. The van der Waals surface area contributed by atoms with E-state index in [0.29, 0.717) is 11.7 Å². The second kappa shape index (κ2) is 7.40. The van der Waals surface area contributed by atoms with E-state index in [1.54, 1.807) is 7.11 Å². The van der Waals surface area contributed by atoms with E-state index in [1.807, 2.05) is 24.3 Å². The smallest absolute Gasteiger partial charge is 0.167 e. The summed E-state index contributed by atoms with van der Waals surface area (Å²) >= 11 is 0. The van der Waals surface area contributed by atoms with Gasteiger partial charge in [-0.3, -0.25) is 9.69 Å². The minimum atomic E-state index is 0.144. The number of ether oxygens (including phenoxy) is 1. The third-order valence-corrected chi connectivity index (χ3v) is 6.57. The fourth-order valence-corrected chi connectivity index (χ4v) is 4.61. The summed E-state index contributed by atoms with van der Waals surface area (Å²) in [5.74, 6) is 1.85. The van der Waals surface area contributed by atoms with Gasteiger partial charge in [0.25, 0.3) is 0 Å². The average Bonchev–Trinajstić information content (AvgIpc) is 2.65. The van der Waals surface area contributed by atoms with Crippen LogP contribution in [-0.2, 0) is 0 Å². The van der Waals surface area contributed by atoms with E-state index in [-0.39, 0.29) is 5.92 Å². The molecule has 1 heterocycles. The van der Waals surface area contributed by atoms with Crippen LogP contribution in [0.2, 0.25) is 0 Å². The van der Waals surface area contributed by atoms with Crippen LogP contribution in [0.25, 0.3) is 10.8 Å². The van der Waals surface area contributed by atoms with Crippen molar-refractivity contribution in [1.82, 2.24) is 4.90 Å². The first-order chi connectivity index (χ1) is 12.7. The van der Waals surface area contributed by atoms with Gasteiger partial charge in [0.15, 0.2) is 5.78 Å². The molecule has 4 rings (SSSR count). The highest BCUT2D eigenvalue weighted by Crippen LogP contribution is 2.35. The van der Waals surface area contributed by atoms with Crippen molar-refractivity contribution < 1.29 is 9.53 Å². The second-order valence-corrected chi connectivity index (χ2v) is 7.94. The van der Waals surface area contributed by atoms with Crippen LogP contribution >= 0.6 is 0 Å². The average molecular weight is 351 g/mol. The summed E-state index contributed by atoms with van der Waals surface area (Å²) in [5, 5.41) is 2.23. The standard InChI is InChI=1S/C23H29NO2/c1-3-16-11-12-24(20-5-4-6-20)15-22(16)23(25)19-8-7-18-14-21(26-2)10-9-17(18)13-19/h7-10,13-14,16,20,22H,3-6,11-12,15H2,1-2H3/t16?,22-/m1/s1. The molecule has 2 atom stereocenters. The molecule has 1 unspecified atom stereocenters. The Morgan fingerprint density at radius 3 is 2.58 bits per heavy atom. The normalized spacial score (nSPS) is 24.4. The first kappa shape index (κ1) is 17.5. The largest absolute Gasteiger partial charge is 0.497 e. The van der Waals surface area contributed by atoms with E-state index in [0.717, 1.165) is 47.5 Å². The number of fused-ring (bicyclic) bond motifs is 1. The highest BCUT2D eigenvalue weighted by molar-refractivity contribution is 6.01. The maximum Gasteiger partial charge on any atom is 0.167 e. The zero-order valence-corrected chi connectivity index (χ0v) is 15.9. The number of methoxy groups -OCH3 is 1. The zero-order chi connectivity index (χ0) is 18.1. The third kappa shape index (κ3) is 3.25. The van der Waals surface area contributed by atoms with Gasteiger partial charge in [-0.25, -0.2) is 0 Å². The van der Waals surface area contributed by atoms with Crippen molar-refractivity contribution in [1.29, 1.82) is 0 Å². The highest BCUT2D eigenvalue weighted by atomic mass is 16.5. The molecule has 2 aliphatic rings. The molecule has 2 aromatic rings. The number of likely N-dealkylation sites (tertiary alicyclic amines) is 1. The summed E-state index contributed by atoms with van der Waals surface area (Å²) in [6.07, 6.45) is 6.24. The number of hydrogen-bond donors (Lipinski definition) is 0. The van der Waals surface area contributed by atoms with Crippen LogP contribution in [-0.4, -0.2) is 36.9 Å². The van der Waals surface area contributed by atoms with Gasteiger partial charge >= 0.3 is 0 Å². The van der Waals surface area contributed by atoms with Gasteiger partial charge in [0.1, 0.15) is 5.75 Å². The van der Waals surface area contributed by atoms with Crippen molar-refractivity contribution in [2.24, 2.45) is 11.8 Å². The van der Waals surface area contributed by atoms with E-state index in [4.69, 9.17) is 4.74 Å². The molecule has 26 heavy (non-hydrogen) atoms. The Labute approximate surface area is 156 Å². The molecule has 1 aliphatic carbocycles. The summed E-state index contributed by atoms with van der Waals surface area (Å²) in [4.78, 5) is 15.9. The quantitative estimate of drug-likeness (QED) is 0.715. The van der Waals surface area contributed by atoms with Gasteiger partial charge in [0.05, 0.1) is 7.11 Å². The molecule has 0 radical (unpaired) electrons. The van der Waals surface area contributed by atoms with Crippen LogP contribution in [0.15, 0.2) is 36.4 Å². The van der Waals surface area contributed by atoms with Crippen molar-refractivity contribution in [3.8, 4) is 5.75 Å². The Bertz CT molecular complexity index is 796. The van der Waals surface area contributed by atoms with Crippen molar-refractivity contribution >= 4 is 16.6 Å². The minimum absolute atomic E-state index is 0.144. The molecule has 0 N–H and O–H groups in total. The first-order valence-corrected chi connectivity index (χ1v) is 10.1. The molecule has 1 saturated carbocycles. The molecule has 1 saturated heterocycles. The summed E-state index contributed by atoms with van der Waals surface area (Å²) in [5.41, 5.74) is 0.863. The Morgan fingerprint density at radius 2 is 1.88 bits per heavy atom. The van der Waals surface area contributed by atoms with Gasteiger partial charge in [0, 0.05) is 24.1 Å². The van der Waals surface area contributed by atoms with Gasteiger partial charge < -0.3 is 4.74 Å². The number of Topliss-reactive ketones (excluding diaryl/α,β-unsaturated/α-hetero) is 1. The van der Waals surface area contributed by atoms with Crippen LogP contribution in [0, 0.1) is 11.8 Å². The molecule has 2 aromatic carbocycles. The molecule has 138 valence electrons. The number of nitrogens with zero attached hydrogens (tertiary/aromatic N) is 1. The van der Waals surface area contributed by atoms with Gasteiger partial charge in [0.2, 0.25) is 0 Å². The van der Waals surface area contributed by atoms with Crippen LogP contribution in [0.4, 0.5) is 0 Å². The van der Waals surface area contributed by atoms with E-state index in [9.17, 15) is 4.79 Å². The maximum absolute atomic E-state index is 13.4. The van der Waals surface area contributed by atoms with E-state index in [1.165, 1.54) is 25.8 Å². The Kier molecular flexibility index (Phi) is 4.99. The molecule has 1 aliphatic heterocycles. The van der Waals surface area contributed by atoms with E-state index >= 15 is 0 Å². The molecule has 2 fully saturated rings. The molecule has 3 heteroatoms. The van der Waals surface area contributed by atoms with Crippen LogP contribution < -0.4 is 4.74 Å². The Balaban J connectivity index is 1.58. The number of benzene rings is 2. The van der Waals surface area contributed by atoms with E-state index in [2.05, 4.69) is 24.0 Å². The second-order valence-electron chi connectivity index (χ2n) is 7.94. The topological polar surface area (TPSA) is 29.5 Å². The molecular weight excluding hydrogens is 322 g/mol. The van der Waals surface area contributed by atoms with Crippen molar-refractivity contribution in [2.45, 2.75) is 45.1 Å². The number of piperidine rings is 1. The van der Waals surface area contributed by atoms with Crippen LogP contribution in [0.3, 0.4) is 0 Å². The molecule has 0 bridgehead atoms. The Hall–Kier alpha value is -1.87. The molecule has 0 aromatic heterocycles. The van der Waals surface area contributed by atoms with Crippen molar-refractivity contribution in [2.75, 3.05) is 20.2 Å². The summed E-state index contributed by atoms with van der Waals surface area (Å²) in [6.45, 7) is 4.35. The lowest BCUT2D eigenvalue weighted by molar-refractivity contribution is 0.0401. The Morgan fingerprint density at radius 1 is 1.12 bits per heavy atom. The van der Waals surface area contributed by atoms with E-state index < -0.39 is 0 Å². The fourth-order valence-electron chi connectivity index (χ4n) is 4.61. The van der Waals surface area contributed by atoms with Crippen molar-refractivity contribution in [3.05, 3.63) is 42.0 Å². The van der Waals surface area contributed by atoms with Crippen LogP contribution in [0.5, 0.6) is 5.75 Å². The first-order valence-electron chi connectivity index (χ1n) is 10.1. The minimum Gasteiger partial charge on any atom is -0.497 e. The molecule has 0 amide bonds. The lowest BCUT2D eigenvalue weighted by Gasteiger charge is -2.44. The van der Waals surface area contributed by atoms with Gasteiger partial charge in [-0.2, -0.15) is 0 Å². The van der Waals surface area contributed by atoms with Gasteiger partial charge in [-0.15, -0.1) is 0 Å². The lowest BCUT2D eigenvalue weighted by Crippen LogP contribution is -2.50. The zero-order valence-electron chi connectivity index (χ0n) is 15.9. The molecule has 0 spiro atoms. The number of carbonyl (C=O) groups is 1. The maximum atomic E-state index is 13.4. The third-order valence-electron chi connectivity index (χ3n) is 6.57. The highest BCUT2D eigenvalue weighted by Gasteiger charge is 2.37. The molecule has 3 nitrogen and oxygen atoms in total. The lowest BCUT2D eigenvalue weighted by atomic mass is 9.77. The predicted octanol–water partition coefficient (Wildman–Crippen LogP) is 4.93. The van der Waals surface area contributed by atoms with Gasteiger partial charge in [-0.05, 0) is 60.7 Å².